The van der Waals surface area contributed by atoms with Crippen LogP contribution in [0.4, 0.5) is 0 Å². The van der Waals surface area contributed by atoms with E-state index < -0.39 is 21.1 Å². The molecule has 0 spiro atoms. The Bertz CT molecular complexity index is 884. The van der Waals surface area contributed by atoms with Gasteiger partial charge in [0.05, 0.1) is 11.5 Å². The minimum absolute atomic E-state index is 0.0145. The van der Waals surface area contributed by atoms with Crippen LogP contribution in [0.1, 0.15) is 24.5 Å². The lowest BCUT2D eigenvalue weighted by molar-refractivity contribution is -0.136. The molecule has 5 nitrogen and oxygen atoms in total. The van der Waals surface area contributed by atoms with E-state index in [9.17, 15) is 18.3 Å². The highest BCUT2D eigenvalue weighted by Crippen LogP contribution is 2.19. The van der Waals surface area contributed by atoms with Crippen molar-refractivity contribution in [1.29, 1.82) is 0 Å². The lowest BCUT2D eigenvalue weighted by Gasteiger charge is -2.14. The van der Waals surface area contributed by atoms with Crippen LogP contribution in [-0.2, 0) is 19.4 Å². The topological polar surface area (TPSA) is 80.7 Å². The molecular formula is C21H24O5S. The van der Waals surface area contributed by atoms with E-state index in [-0.39, 0.29) is 17.9 Å². The van der Waals surface area contributed by atoms with Crippen LogP contribution in [0.2, 0.25) is 0 Å². The number of sulfone groups is 1. The van der Waals surface area contributed by atoms with E-state index in [1.807, 2.05) is 50.3 Å². The molecule has 0 radical (unpaired) electrons. The van der Waals surface area contributed by atoms with Crippen molar-refractivity contribution in [3.8, 4) is 0 Å². The molecule has 0 heterocycles. The molecule has 1 N–H and O–H groups in total. The molecule has 0 amide bonds. The highest BCUT2D eigenvalue weighted by molar-refractivity contribution is 7.92. The maximum Gasteiger partial charge on any atom is 0.322 e. The zero-order valence-electron chi connectivity index (χ0n) is 15.5. The van der Waals surface area contributed by atoms with E-state index in [0.717, 1.165) is 16.7 Å². The minimum Gasteiger partial charge on any atom is -0.480 e. The monoisotopic (exact) mass is 388 g/mol. The van der Waals surface area contributed by atoms with Gasteiger partial charge in [-0.1, -0.05) is 54.1 Å². The van der Waals surface area contributed by atoms with Crippen molar-refractivity contribution in [3.63, 3.8) is 0 Å². The first-order chi connectivity index (χ1) is 12.8. The number of benzene rings is 2. The van der Waals surface area contributed by atoms with Crippen molar-refractivity contribution in [2.75, 3.05) is 13.2 Å². The highest BCUT2D eigenvalue weighted by Gasteiger charge is 2.33. The fraction of sp³-hybridized carbons (Fsp3) is 0.286. The van der Waals surface area contributed by atoms with E-state index >= 15 is 0 Å². The summed E-state index contributed by atoms with van der Waals surface area (Å²) in [6.07, 6.45) is 1.86. The molecule has 0 aliphatic rings. The standard InChI is InChI=1S/C21H24O5S/c1-16-8-10-19(11-9-16)27(24,25)20(21(22)23)12-13-26-15-17(2)14-18-6-4-3-5-7-18/h3-11,14,20H,12-13,15H2,1-2H3,(H,22,23). The van der Waals surface area contributed by atoms with Gasteiger partial charge in [-0.05, 0) is 43.5 Å². The number of hydrogen-bond acceptors (Lipinski definition) is 4. The average Bonchev–Trinajstić information content (AvgIpc) is 2.62. The average molecular weight is 388 g/mol. The van der Waals surface area contributed by atoms with Gasteiger partial charge >= 0.3 is 5.97 Å². The quantitative estimate of drug-likeness (QED) is 0.662. The highest BCUT2D eigenvalue weighted by atomic mass is 32.2. The van der Waals surface area contributed by atoms with Gasteiger partial charge in [-0.2, -0.15) is 0 Å². The van der Waals surface area contributed by atoms with E-state index in [2.05, 4.69) is 0 Å². The summed E-state index contributed by atoms with van der Waals surface area (Å²) in [7, 11) is -3.96. The summed E-state index contributed by atoms with van der Waals surface area (Å²) < 4.78 is 30.7. The maximum atomic E-state index is 12.6. The van der Waals surface area contributed by atoms with Crippen LogP contribution >= 0.6 is 0 Å². The first-order valence-corrected chi connectivity index (χ1v) is 10.2. The second-order valence-corrected chi connectivity index (χ2v) is 8.56. The first kappa shape index (κ1) is 20.9. The second kappa shape index (κ2) is 9.48. The summed E-state index contributed by atoms with van der Waals surface area (Å²) in [5, 5.41) is 7.85. The Kier molecular flexibility index (Phi) is 7.33. The Balaban J connectivity index is 1.96. The molecule has 0 bridgehead atoms. The van der Waals surface area contributed by atoms with Crippen LogP contribution < -0.4 is 0 Å². The SMILES string of the molecule is CC(=Cc1ccccc1)COCCC(C(=O)O)S(=O)(=O)c1ccc(C)cc1. The molecule has 0 fully saturated rings. The molecule has 27 heavy (non-hydrogen) atoms. The second-order valence-electron chi connectivity index (χ2n) is 6.43. The molecule has 0 aliphatic carbocycles. The predicted molar refractivity (Wildman–Crippen MR) is 105 cm³/mol. The fourth-order valence-electron chi connectivity index (χ4n) is 2.60. The van der Waals surface area contributed by atoms with E-state index in [4.69, 9.17) is 4.74 Å². The van der Waals surface area contributed by atoms with Gasteiger partial charge in [-0.3, -0.25) is 4.79 Å². The van der Waals surface area contributed by atoms with Crippen LogP contribution in [0, 0.1) is 6.92 Å². The molecule has 2 aromatic carbocycles. The smallest absolute Gasteiger partial charge is 0.322 e. The molecule has 1 unspecified atom stereocenters. The third-order valence-electron chi connectivity index (χ3n) is 4.07. The van der Waals surface area contributed by atoms with Crippen LogP contribution in [0.3, 0.4) is 0 Å². The third kappa shape index (κ3) is 6.05. The van der Waals surface area contributed by atoms with E-state index in [1.165, 1.54) is 12.1 Å². The predicted octanol–water partition coefficient (Wildman–Crippen LogP) is 3.73. The Morgan fingerprint density at radius 3 is 2.33 bits per heavy atom. The minimum atomic E-state index is -3.96. The molecule has 0 saturated carbocycles. The summed E-state index contributed by atoms with van der Waals surface area (Å²) >= 11 is 0. The number of rotatable bonds is 9. The number of aryl methyl sites for hydroxylation is 1. The van der Waals surface area contributed by atoms with Gasteiger partial charge in [0.15, 0.2) is 15.1 Å². The Morgan fingerprint density at radius 2 is 1.74 bits per heavy atom. The number of carbonyl (C=O) groups is 1. The van der Waals surface area contributed by atoms with Gasteiger partial charge in [0, 0.05) is 6.61 Å². The molecule has 2 rings (SSSR count). The van der Waals surface area contributed by atoms with Gasteiger partial charge in [-0.15, -0.1) is 0 Å². The Morgan fingerprint density at radius 1 is 1.11 bits per heavy atom. The molecule has 0 aromatic heterocycles. The summed E-state index contributed by atoms with van der Waals surface area (Å²) in [5.74, 6) is -1.37. The van der Waals surface area contributed by atoms with Gasteiger partial charge < -0.3 is 9.84 Å². The van der Waals surface area contributed by atoms with Crippen LogP contribution in [0.15, 0.2) is 65.1 Å². The van der Waals surface area contributed by atoms with Crippen LogP contribution in [0.5, 0.6) is 0 Å². The van der Waals surface area contributed by atoms with E-state index in [1.54, 1.807) is 12.1 Å². The van der Waals surface area contributed by atoms with Crippen molar-refractivity contribution < 1.29 is 23.1 Å². The molecule has 0 aliphatic heterocycles. The number of hydrogen-bond donors (Lipinski definition) is 1. The maximum absolute atomic E-state index is 12.6. The molecule has 144 valence electrons. The summed E-state index contributed by atoms with van der Waals surface area (Å²) in [6, 6.07) is 15.9. The Hall–Kier alpha value is -2.44. The lowest BCUT2D eigenvalue weighted by atomic mass is 10.1. The van der Waals surface area contributed by atoms with Crippen LogP contribution in [-0.4, -0.2) is 38.0 Å². The lowest BCUT2D eigenvalue weighted by Crippen LogP contribution is -2.31. The first-order valence-electron chi connectivity index (χ1n) is 8.64. The van der Waals surface area contributed by atoms with E-state index in [0.29, 0.717) is 6.61 Å². The zero-order chi connectivity index (χ0) is 19.9. The Labute approximate surface area is 160 Å². The van der Waals surface area contributed by atoms with Crippen molar-refractivity contribution in [1.82, 2.24) is 0 Å². The molecule has 1 atom stereocenters. The van der Waals surface area contributed by atoms with Gasteiger partial charge in [0.25, 0.3) is 0 Å². The largest absolute Gasteiger partial charge is 0.480 e. The normalized spacial score (nSPS) is 13.3. The molecule has 6 heteroatoms. The molecule has 0 saturated heterocycles. The van der Waals surface area contributed by atoms with Crippen molar-refractivity contribution in [3.05, 3.63) is 71.3 Å². The van der Waals surface area contributed by atoms with Gasteiger partial charge in [0.1, 0.15) is 0 Å². The summed E-state index contributed by atoms with van der Waals surface area (Å²) in [6.45, 7) is 4.10. The van der Waals surface area contributed by atoms with Crippen LogP contribution in [0.25, 0.3) is 6.08 Å². The van der Waals surface area contributed by atoms with Gasteiger partial charge in [-0.25, -0.2) is 8.42 Å². The summed E-state index contributed by atoms with van der Waals surface area (Å²) in [4.78, 5) is 11.5. The van der Waals surface area contributed by atoms with Crippen molar-refractivity contribution in [2.45, 2.75) is 30.4 Å². The molecule has 2 aromatic rings. The zero-order valence-corrected chi connectivity index (χ0v) is 16.3. The molecular weight excluding hydrogens is 364 g/mol. The number of carboxylic acids is 1. The van der Waals surface area contributed by atoms with Crippen molar-refractivity contribution >= 4 is 21.9 Å². The fourth-order valence-corrected chi connectivity index (χ4v) is 4.12. The number of carboxylic acid groups (broad SMARTS) is 1. The third-order valence-corrected chi connectivity index (χ3v) is 6.18. The number of aliphatic carboxylic acids is 1. The van der Waals surface area contributed by atoms with Crippen molar-refractivity contribution in [2.24, 2.45) is 0 Å². The summed E-state index contributed by atoms with van der Waals surface area (Å²) in [5.41, 5.74) is 2.92. The number of ether oxygens (including phenoxy) is 1. The van der Waals surface area contributed by atoms with Gasteiger partial charge in [0.2, 0.25) is 0 Å².